The Bertz CT molecular complexity index is 514. The summed E-state index contributed by atoms with van der Waals surface area (Å²) >= 11 is 0. The summed E-state index contributed by atoms with van der Waals surface area (Å²) < 4.78 is 0. The maximum Gasteiger partial charge on any atom is 0.224 e. The van der Waals surface area contributed by atoms with Crippen LogP contribution >= 0.6 is 0 Å². The van der Waals surface area contributed by atoms with E-state index in [1.165, 1.54) is 44.3 Å². The number of benzene rings is 1. The minimum Gasteiger partial charge on any atom is -0.326 e. The van der Waals surface area contributed by atoms with E-state index in [0.717, 1.165) is 17.3 Å². The van der Waals surface area contributed by atoms with Crippen molar-refractivity contribution in [1.82, 2.24) is 4.90 Å². The lowest BCUT2D eigenvalue weighted by Crippen LogP contribution is -2.36. The van der Waals surface area contributed by atoms with Crippen LogP contribution in [0.4, 0.5) is 5.69 Å². The molecule has 0 aromatic heterocycles. The summed E-state index contributed by atoms with van der Waals surface area (Å²) in [7, 11) is 0. The second kappa shape index (κ2) is 6.18. The Hall–Kier alpha value is -1.35. The van der Waals surface area contributed by atoms with Gasteiger partial charge in [0.25, 0.3) is 0 Å². The zero-order chi connectivity index (χ0) is 14.8. The number of aryl methyl sites for hydroxylation is 2. The molecule has 3 nitrogen and oxygen atoms in total. The summed E-state index contributed by atoms with van der Waals surface area (Å²) in [5, 5.41) is 3.09. The van der Waals surface area contributed by atoms with Gasteiger partial charge in [0.15, 0.2) is 0 Å². The van der Waals surface area contributed by atoms with Gasteiger partial charge in [-0.05, 0) is 75.7 Å². The minimum absolute atomic E-state index is 0.175. The molecule has 3 heteroatoms. The Kier molecular flexibility index (Phi) is 4.29. The number of nitrogens with one attached hydrogen (secondary N) is 1. The molecule has 3 rings (SSSR count). The smallest absolute Gasteiger partial charge is 0.224 e. The van der Waals surface area contributed by atoms with Crippen LogP contribution in [-0.2, 0) is 4.79 Å². The van der Waals surface area contributed by atoms with E-state index in [1.54, 1.807) is 0 Å². The molecular formula is C18H26N2O. The van der Waals surface area contributed by atoms with Crippen LogP contribution in [0, 0.1) is 19.8 Å². The molecule has 1 saturated heterocycles. The molecule has 21 heavy (non-hydrogen) atoms. The van der Waals surface area contributed by atoms with Gasteiger partial charge in [-0.2, -0.15) is 0 Å². The molecular weight excluding hydrogens is 260 g/mol. The number of piperidine rings is 1. The van der Waals surface area contributed by atoms with Crippen molar-refractivity contribution in [3.8, 4) is 0 Å². The summed E-state index contributed by atoms with van der Waals surface area (Å²) in [5.74, 6) is 0.735. The van der Waals surface area contributed by atoms with E-state index in [9.17, 15) is 4.79 Å². The van der Waals surface area contributed by atoms with E-state index in [4.69, 9.17) is 0 Å². The van der Waals surface area contributed by atoms with Gasteiger partial charge < -0.3 is 10.2 Å². The van der Waals surface area contributed by atoms with Gasteiger partial charge in [0.1, 0.15) is 0 Å². The maximum absolute atomic E-state index is 12.2. The lowest BCUT2D eigenvalue weighted by atomic mass is 9.93. The van der Waals surface area contributed by atoms with Crippen LogP contribution in [-0.4, -0.2) is 29.9 Å². The average Bonchev–Trinajstić information content (AvgIpc) is 3.28. The number of hydrogen-bond donors (Lipinski definition) is 1. The van der Waals surface area contributed by atoms with Crippen molar-refractivity contribution in [2.75, 3.05) is 18.4 Å². The third-order valence-corrected chi connectivity index (χ3v) is 4.85. The van der Waals surface area contributed by atoms with Crippen molar-refractivity contribution in [2.45, 2.75) is 52.0 Å². The van der Waals surface area contributed by atoms with Crippen molar-refractivity contribution in [3.63, 3.8) is 0 Å². The van der Waals surface area contributed by atoms with Gasteiger partial charge in [-0.25, -0.2) is 0 Å². The molecule has 0 unspecified atom stereocenters. The van der Waals surface area contributed by atoms with Crippen molar-refractivity contribution >= 4 is 11.6 Å². The van der Waals surface area contributed by atoms with Crippen molar-refractivity contribution in [2.24, 2.45) is 5.92 Å². The number of hydrogen-bond acceptors (Lipinski definition) is 2. The minimum atomic E-state index is 0.175. The molecule has 1 aromatic rings. The van der Waals surface area contributed by atoms with Gasteiger partial charge in [-0.3, -0.25) is 4.79 Å². The molecule has 1 amide bonds. The predicted octanol–water partition coefficient (Wildman–Crippen LogP) is 3.51. The lowest BCUT2D eigenvalue weighted by molar-refractivity contribution is -0.117. The predicted molar refractivity (Wildman–Crippen MR) is 86.5 cm³/mol. The van der Waals surface area contributed by atoms with E-state index < -0.39 is 0 Å². The van der Waals surface area contributed by atoms with E-state index in [0.29, 0.717) is 12.3 Å². The second-order valence-corrected chi connectivity index (χ2v) is 6.78. The summed E-state index contributed by atoms with van der Waals surface area (Å²) in [4.78, 5) is 14.9. The molecule has 1 aliphatic heterocycles. The first-order valence-corrected chi connectivity index (χ1v) is 8.23. The zero-order valence-corrected chi connectivity index (χ0v) is 13.2. The number of amides is 1. The summed E-state index contributed by atoms with van der Waals surface area (Å²) in [6.07, 6.45) is 5.80. The van der Waals surface area contributed by atoms with Crippen molar-refractivity contribution < 1.29 is 4.79 Å². The highest BCUT2D eigenvalue weighted by Crippen LogP contribution is 2.31. The first-order valence-electron chi connectivity index (χ1n) is 8.23. The first kappa shape index (κ1) is 14.6. The van der Waals surface area contributed by atoms with E-state index in [1.807, 2.05) is 6.92 Å². The second-order valence-electron chi connectivity index (χ2n) is 6.78. The Morgan fingerprint density at radius 3 is 2.57 bits per heavy atom. The first-order chi connectivity index (χ1) is 10.1. The van der Waals surface area contributed by atoms with Crippen LogP contribution < -0.4 is 5.32 Å². The van der Waals surface area contributed by atoms with E-state index in [-0.39, 0.29) is 5.91 Å². The fourth-order valence-electron chi connectivity index (χ4n) is 3.30. The molecule has 0 spiro atoms. The molecule has 0 atom stereocenters. The highest BCUT2D eigenvalue weighted by atomic mass is 16.1. The fraction of sp³-hybridized carbons (Fsp3) is 0.611. The van der Waals surface area contributed by atoms with E-state index >= 15 is 0 Å². The molecule has 2 aliphatic rings. The van der Waals surface area contributed by atoms with Gasteiger partial charge in [0, 0.05) is 18.2 Å². The largest absolute Gasteiger partial charge is 0.326 e. The van der Waals surface area contributed by atoms with Crippen molar-refractivity contribution in [1.29, 1.82) is 0 Å². The third kappa shape index (κ3) is 3.85. The molecule has 1 saturated carbocycles. The molecule has 114 valence electrons. The number of likely N-dealkylation sites (tertiary alicyclic amines) is 1. The maximum atomic E-state index is 12.2. The number of carbonyl (C=O) groups is 1. The molecule has 0 radical (unpaired) electrons. The quantitative estimate of drug-likeness (QED) is 0.918. The number of anilines is 1. The summed E-state index contributed by atoms with van der Waals surface area (Å²) in [6, 6.07) is 7.08. The third-order valence-electron chi connectivity index (χ3n) is 4.85. The number of rotatable bonds is 4. The van der Waals surface area contributed by atoms with Crippen molar-refractivity contribution in [3.05, 3.63) is 29.3 Å². The van der Waals surface area contributed by atoms with Crippen LogP contribution in [0.1, 0.15) is 43.2 Å². The van der Waals surface area contributed by atoms with Gasteiger partial charge in [0.05, 0.1) is 0 Å². The van der Waals surface area contributed by atoms with Crippen LogP contribution in [0.2, 0.25) is 0 Å². The zero-order valence-electron chi connectivity index (χ0n) is 13.2. The summed E-state index contributed by atoms with van der Waals surface area (Å²) in [6.45, 7) is 6.48. The Morgan fingerprint density at radius 1 is 1.19 bits per heavy atom. The molecule has 1 heterocycles. The van der Waals surface area contributed by atoms with Gasteiger partial charge >= 0.3 is 0 Å². The van der Waals surface area contributed by atoms with Gasteiger partial charge in [0.2, 0.25) is 5.91 Å². The standard InChI is InChI=1S/C18H26N2O/c1-13-3-4-14(2)17(11-13)19-18(21)12-15-7-9-20(10-8-15)16-5-6-16/h3-4,11,15-16H,5-10,12H2,1-2H3,(H,19,21). The Labute approximate surface area is 127 Å². The molecule has 2 fully saturated rings. The summed E-state index contributed by atoms with van der Waals surface area (Å²) in [5.41, 5.74) is 3.29. The average molecular weight is 286 g/mol. The van der Waals surface area contributed by atoms with Crippen LogP contribution in [0.5, 0.6) is 0 Å². The highest BCUT2D eigenvalue weighted by molar-refractivity contribution is 5.91. The molecule has 1 aliphatic carbocycles. The fourth-order valence-corrected chi connectivity index (χ4v) is 3.30. The number of carbonyl (C=O) groups excluding carboxylic acids is 1. The Balaban J connectivity index is 1.49. The molecule has 1 N–H and O–H groups in total. The topological polar surface area (TPSA) is 32.3 Å². The van der Waals surface area contributed by atoms with Gasteiger partial charge in [-0.1, -0.05) is 12.1 Å². The SMILES string of the molecule is Cc1ccc(C)c(NC(=O)CC2CCN(C3CC3)CC2)c1. The van der Waals surface area contributed by atoms with Crippen LogP contribution in [0.3, 0.4) is 0 Å². The normalized spacial score (nSPS) is 20.5. The highest BCUT2D eigenvalue weighted by Gasteiger charge is 2.32. The van der Waals surface area contributed by atoms with Crippen LogP contribution in [0.25, 0.3) is 0 Å². The van der Waals surface area contributed by atoms with Gasteiger partial charge in [-0.15, -0.1) is 0 Å². The van der Waals surface area contributed by atoms with Crippen LogP contribution in [0.15, 0.2) is 18.2 Å². The lowest BCUT2D eigenvalue weighted by Gasteiger charge is -2.31. The molecule has 1 aromatic carbocycles. The monoisotopic (exact) mass is 286 g/mol. The molecule has 0 bridgehead atoms. The van der Waals surface area contributed by atoms with E-state index in [2.05, 4.69) is 35.3 Å². The Morgan fingerprint density at radius 2 is 1.90 bits per heavy atom. The number of nitrogens with zero attached hydrogens (tertiary/aromatic N) is 1.